The van der Waals surface area contributed by atoms with Gasteiger partial charge in [-0.05, 0) is 12.1 Å². The van der Waals surface area contributed by atoms with Gasteiger partial charge in [0.25, 0.3) is 0 Å². The highest BCUT2D eigenvalue weighted by molar-refractivity contribution is 5.89. The lowest BCUT2D eigenvalue weighted by molar-refractivity contribution is -0.398. The van der Waals surface area contributed by atoms with Gasteiger partial charge in [0.2, 0.25) is 0 Å². The van der Waals surface area contributed by atoms with Crippen molar-refractivity contribution in [3.8, 4) is 5.75 Å². The van der Waals surface area contributed by atoms with Crippen molar-refractivity contribution in [1.29, 1.82) is 0 Å². The molecule has 3 nitrogen and oxygen atoms in total. The van der Waals surface area contributed by atoms with E-state index < -0.39 is 47.8 Å². The van der Waals surface area contributed by atoms with Gasteiger partial charge in [0.05, 0.1) is 5.97 Å². The van der Waals surface area contributed by atoms with Gasteiger partial charge in [-0.15, -0.1) is 0 Å². The highest BCUT2D eigenvalue weighted by Gasteiger charge is 2.81. The molecule has 1 aromatic carbocycles. The van der Waals surface area contributed by atoms with E-state index in [0.29, 0.717) is 6.07 Å². The molecule has 0 bridgehead atoms. The Labute approximate surface area is 127 Å². The number of rotatable bonds is 6. The van der Waals surface area contributed by atoms with Crippen LogP contribution in [-0.4, -0.2) is 36.5 Å². The zero-order chi connectivity index (χ0) is 19.0. The average Bonchev–Trinajstić information content (AvgIpc) is 2.43. The number of alkyl halides is 9. The van der Waals surface area contributed by atoms with Crippen LogP contribution in [0.1, 0.15) is 10.4 Å². The Balaban J connectivity index is 3.08. The highest BCUT2D eigenvalue weighted by Crippen LogP contribution is 2.53. The van der Waals surface area contributed by atoms with Crippen LogP contribution in [0.25, 0.3) is 0 Å². The average molecular weight is 369 g/mol. The molecule has 0 atom stereocenters. The monoisotopic (exact) mass is 369 g/mol. The van der Waals surface area contributed by atoms with Crippen molar-refractivity contribution in [3.05, 3.63) is 29.8 Å². The lowest BCUT2D eigenvalue weighted by Crippen LogP contribution is -2.62. The third kappa shape index (κ3) is 3.36. The summed E-state index contributed by atoms with van der Waals surface area (Å²) in [6.07, 6.45) is -6.94. The summed E-state index contributed by atoms with van der Waals surface area (Å²) in [4.78, 5) is 10.6. The summed E-state index contributed by atoms with van der Waals surface area (Å²) in [5.41, 5.74) is -0.890. The maximum atomic E-state index is 13.2. The predicted octanol–water partition coefficient (Wildman–Crippen LogP) is 2.90. The fourth-order valence-corrected chi connectivity index (χ4v) is 1.43. The number of hydrogen-bond acceptors (Lipinski definition) is 3. The molecule has 12 heteroatoms. The number of carboxylic acid groups (broad SMARTS) is 1. The fraction of sp³-hybridized carbons (Fsp3) is 0.417. The van der Waals surface area contributed by atoms with Gasteiger partial charge in [0.1, 0.15) is 5.75 Å². The highest BCUT2D eigenvalue weighted by atomic mass is 19.4. The van der Waals surface area contributed by atoms with E-state index in [9.17, 15) is 49.4 Å². The first kappa shape index (κ1) is 19.9. The van der Waals surface area contributed by atoms with Crippen molar-refractivity contribution in [1.82, 2.24) is 0 Å². The van der Waals surface area contributed by atoms with Crippen LogP contribution in [0.15, 0.2) is 24.3 Å². The second-order valence-corrected chi connectivity index (χ2v) is 4.42. The van der Waals surface area contributed by atoms with E-state index in [-0.39, 0.29) is 0 Å². The second kappa shape index (κ2) is 6.06. The number of hydrogen-bond donors (Lipinski definition) is 0. The Morgan fingerprint density at radius 3 is 1.88 bits per heavy atom. The predicted molar refractivity (Wildman–Crippen MR) is 57.2 cm³/mol. The largest absolute Gasteiger partial charge is 0.545 e. The number of carboxylic acids is 1. The molecule has 0 saturated heterocycles. The molecule has 0 amide bonds. The number of halogens is 9. The Morgan fingerprint density at radius 1 is 0.917 bits per heavy atom. The molecular formula is C12H6F9O3-. The van der Waals surface area contributed by atoms with Gasteiger partial charge in [-0.3, -0.25) is 0 Å². The first-order chi connectivity index (χ1) is 10.6. The van der Waals surface area contributed by atoms with Crippen LogP contribution in [0.4, 0.5) is 39.5 Å². The van der Waals surface area contributed by atoms with Crippen molar-refractivity contribution in [2.24, 2.45) is 0 Å². The number of carbonyl (C=O) groups excluding carboxylic acids is 1. The topological polar surface area (TPSA) is 49.4 Å². The van der Waals surface area contributed by atoms with E-state index in [1.165, 1.54) is 0 Å². The molecule has 1 aromatic rings. The molecule has 0 N–H and O–H groups in total. The van der Waals surface area contributed by atoms with E-state index >= 15 is 0 Å². The lowest BCUT2D eigenvalue weighted by atomic mass is 10.0. The SMILES string of the molecule is O=C([O-])c1ccccc1OCC(F)(F)C(F)(F)C(F)(F)C(F)(F)F. The fourth-order valence-electron chi connectivity index (χ4n) is 1.43. The van der Waals surface area contributed by atoms with E-state index in [1.807, 2.05) is 0 Å². The minimum Gasteiger partial charge on any atom is -0.545 e. The molecule has 0 saturated carbocycles. The van der Waals surface area contributed by atoms with E-state index in [1.54, 1.807) is 0 Å². The van der Waals surface area contributed by atoms with Crippen LogP contribution in [-0.2, 0) is 0 Å². The quantitative estimate of drug-likeness (QED) is 0.725. The molecule has 0 unspecified atom stereocenters. The van der Waals surface area contributed by atoms with Crippen molar-refractivity contribution in [2.45, 2.75) is 23.9 Å². The van der Waals surface area contributed by atoms with Crippen LogP contribution in [0.2, 0.25) is 0 Å². The van der Waals surface area contributed by atoms with Crippen LogP contribution >= 0.6 is 0 Å². The van der Waals surface area contributed by atoms with Crippen molar-refractivity contribution in [2.75, 3.05) is 6.61 Å². The Bertz CT molecular complexity index is 610. The minimum absolute atomic E-state index is 0.696. The molecule has 0 aliphatic rings. The maximum absolute atomic E-state index is 13.2. The number of para-hydroxylation sites is 1. The van der Waals surface area contributed by atoms with Crippen LogP contribution in [0, 0.1) is 0 Å². The molecular weight excluding hydrogens is 363 g/mol. The minimum atomic E-state index is -7.04. The third-order valence-corrected chi connectivity index (χ3v) is 2.73. The second-order valence-electron chi connectivity index (χ2n) is 4.42. The maximum Gasteiger partial charge on any atom is 0.460 e. The molecule has 24 heavy (non-hydrogen) atoms. The first-order valence-electron chi connectivity index (χ1n) is 5.78. The number of carbonyl (C=O) groups is 1. The molecule has 0 radical (unpaired) electrons. The van der Waals surface area contributed by atoms with Crippen LogP contribution in [0.5, 0.6) is 5.75 Å². The zero-order valence-corrected chi connectivity index (χ0v) is 11.1. The van der Waals surface area contributed by atoms with Gasteiger partial charge in [0, 0.05) is 5.56 Å². The summed E-state index contributed by atoms with van der Waals surface area (Å²) in [5, 5.41) is 10.6. The van der Waals surface area contributed by atoms with Gasteiger partial charge in [-0.2, -0.15) is 39.5 Å². The first-order valence-corrected chi connectivity index (χ1v) is 5.78. The smallest absolute Gasteiger partial charge is 0.460 e. The van der Waals surface area contributed by atoms with Crippen molar-refractivity contribution >= 4 is 5.97 Å². The third-order valence-electron chi connectivity index (χ3n) is 2.73. The molecule has 0 aliphatic carbocycles. The number of ether oxygens (including phenoxy) is 1. The van der Waals surface area contributed by atoms with Crippen LogP contribution in [0.3, 0.4) is 0 Å². The normalized spacial score (nSPS) is 13.7. The van der Waals surface area contributed by atoms with Gasteiger partial charge in [-0.1, -0.05) is 12.1 Å². The van der Waals surface area contributed by atoms with E-state index in [4.69, 9.17) is 0 Å². The van der Waals surface area contributed by atoms with E-state index in [0.717, 1.165) is 18.2 Å². The summed E-state index contributed by atoms with van der Waals surface area (Å²) < 4.78 is 117. The summed E-state index contributed by atoms with van der Waals surface area (Å²) in [6.45, 7) is -2.63. The molecule has 0 heterocycles. The van der Waals surface area contributed by atoms with Gasteiger partial charge in [-0.25, -0.2) is 0 Å². The summed E-state index contributed by atoms with van der Waals surface area (Å²) >= 11 is 0. The molecule has 0 aromatic heterocycles. The standard InChI is InChI=1S/C12H7F9O3/c13-9(14,10(15,16)11(17,18)12(19,20)21)5-24-7-4-2-1-3-6(7)8(22)23/h1-4H,5H2,(H,22,23)/p-1. The van der Waals surface area contributed by atoms with Gasteiger partial charge >= 0.3 is 23.9 Å². The molecule has 0 aliphatic heterocycles. The molecule has 136 valence electrons. The summed E-state index contributed by atoms with van der Waals surface area (Å²) in [7, 11) is 0. The van der Waals surface area contributed by atoms with Gasteiger partial charge < -0.3 is 14.6 Å². The molecule has 0 spiro atoms. The number of aromatic carboxylic acids is 1. The summed E-state index contributed by atoms with van der Waals surface area (Å²) in [6, 6.07) is 3.54. The Morgan fingerprint density at radius 2 is 1.42 bits per heavy atom. The molecule has 1 rings (SSSR count). The Kier molecular flexibility index (Phi) is 5.02. The van der Waals surface area contributed by atoms with Gasteiger partial charge in [0.15, 0.2) is 6.61 Å². The molecule has 0 fully saturated rings. The van der Waals surface area contributed by atoms with Crippen molar-refractivity contribution < 1.29 is 54.2 Å². The summed E-state index contributed by atoms with van der Waals surface area (Å²) in [5.74, 6) is -22.8. The lowest BCUT2D eigenvalue weighted by Gasteiger charge is -2.33. The van der Waals surface area contributed by atoms with Crippen molar-refractivity contribution in [3.63, 3.8) is 0 Å². The Hall–Kier alpha value is -2.14. The van der Waals surface area contributed by atoms with E-state index in [2.05, 4.69) is 4.74 Å². The number of benzene rings is 1. The van der Waals surface area contributed by atoms with Crippen LogP contribution < -0.4 is 9.84 Å². The zero-order valence-electron chi connectivity index (χ0n) is 11.1.